The summed E-state index contributed by atoms with van der Waals surface area (Å²) >= 11 is 3.39. The van der Waals surface area contributed by atoms with Crippen molar-refractivity contribution in [2.45, 2.75) is 6.92 Å². The molecule has 0 aliphatic carbocycles. The summed E-state index contributed by atoms with van der Waals surface area (Å²) < 4.78 is 3.38. The zero-order valence-electron chi connectivity index (χ0n) is 22.1. The number of nitrogens with one attached hydrogen (secondary N) is 2. The van der Waals surface area contributed by atoms with Crippen LogP contribution in [0.2, 0.25) is 0 Å². The fourth-order valence-electron chi connectivity index (χ4n) is 4.36. The fraction of sp³-hybridized carbons (Fsp3) is 0.0333. The second kappa shape index (κ2) is 11.6. The van der Waals surface area contributed by atoms with E-state index in [0.29, 0.717) is 38.4 Å². The third kappa shape index (κ3) is 5.30. The molecule has 0 bridgehead atoms. The third-order valence-corrected chi connectivity index (χ3v) is 6.92. The average Bonchev–Trinajstić information content (AvgIpc) is 3.46. The monoisotopic (exact) mass is 619 g/mol. The maximum atomic E-state index is 12.8. The predicted octanol–water partition coefficient (Wildman–Crippen LogP) is 5.10. The van der Waals surface area contributed by atoms with Gasteiger partial charge in [0, 0.05) is 47.3 Å². The number of halogens is 1. The molecule has 0 saturated heterocycles. The fourth-order valence-corrected chi connectivity index (χ4v) is 4.86. The molecular weight excluding hydrogens is 598 g/mol. The van der Waals surface area contributed by atoms with Gasteiger partial charge in [-0.3, -0.25) is 24.7 Å². The Balaban J connectivity index is 0.000000157. The van der Waals surface area contributed by atoms with E-state index < -0.39 is 0 Å². The van der Waals surface area contributed by atoms with E-state index in [4.69, 9.17) is 0 Å². The molecule has 2 aromatic carbocycles. The number of hydrogen-bond acceptors (Lipinski definition) is 8. The number of benzene rings is 2. The molecule has 0 spiro atoms. The van der Waals surface area contributed by atoms with E-state index in [1.807, 2.05) is 49.4 Å². The van der Waals surface area contributed by atoms with E-state index in [1.54, 1.807) is 61.2 Å². The van der Waals surface area contributed by atoms with Crippen molar-refractivity contribution in [3.05, 3.63) is 135 Å². The van der Waals surface area contributed by atoms with Gasteiger partial charge in [-0.2, -0.15) is 19.6 Å². The lowest BCUT2D eigenvalue weighted by Gasteiger charge is -2.11. The Labute approximate surface area is 246 Å². The third-order valence-electron chi connectivity index (χ3n) is 6.33. The van der Waals surface area contributed by atoms with Crippen LogP contribution in [0.15, 0.2) is 118 Å². The van der Waals surface area contributed by atoms with Gasteiger partial charge in [-0.05, 0) is 59.3 Å². The van der Waals surface area contributed by atoms with Gasteiger partial charge in [-0.15, -0.1) is 5.10 Å². The molecular formula is C30H22BrN9O2. The van der Waals surface area contributed by atoms with Gasteiger partial charge in [0.05, 0.1) is 22.1 Å². The number of fused-ring (bicyclic) bond motifs is 2. The second-order valence-electron chi connectivity index (χ2n) is 9.14. The lowest BCUT2D eigenvalue weighted by molar-refractivity contribution is 0.807. The summed E-state index contributed by atoms with van der Waals surface area (Å²) in [5.74, 6) is 1.21. The standard InChI is InChI=1S/C17H14N6O.C13H8BrN3O/c1-11-10-15(21-20-11)19-16-13-4-2-3-5-14(13)17(24)23(22-16)12-6-8-18-9-7-12;14-12-10-3-1-2-4-11(10)13(18)17(16-12)9-5-7-15-8-6-9/h2-10H,1H3,(H2,19,20,21,22);1-8H. The number of nitrogens with zero attached hydrogens (tertiary/aromatic N) is 7. The molecule has 206 valence electrons. The first kappa shape index (κ1) is 26.7. The maximum absolute atomic E-state index is 12.8. The number of H-pyrrole nitrogens is 1. The zero-order valence-corrected chi connectivity index (χ0v) is 23.7. The summed E-state index contributed by atoms with van der Waals surface area (Å²) in [5, 5.41) is 21.7. The highest BCUT2D eigenvalue weighted by atomic mass is 79.9. The summed E-state index contributed by atoms with van der Waals surface area (Å²) in [6, 6.07) is 23.6. The summed E-state index contributed by atoms with van der Waals surface area (Å²) in [7, 11) is 0. The van der Waals surface area contributed by atoms with Crippen LogP contribution >= 0.6 is 15.9 Å². The van der Waals surface area contributed by atoms with Crippen LogP contribution in [0.25, 0.3) is 32.9 Å². The normalized spacial score (nSPS) is 10.8. The van der Waals surface area contributed by atoms with Crippen molar-refractivity contribution >= 4 is 49.1 Å². The van der Waals surface area contributed by atoms with Crippen LogP contribution in [-0.4, -0.2) is 39.7 Å². The summed E-state index contributed by atoms with van der Waals surface area (Å²) in [4.78, 5) is 33.0. The number of aromatic nitrogens is 8. The van der Waals surface area contributed by atoms with Gasteiger partial charge in [0.1, 0.15) is 4.60 Å². The van der Waals surface area contributed by atoms with E-state index in [0.717, 1.165) is 16.5 Å². The van der Waals surface area contributed by atoms with Crippen molar-refractivity contribution in [1.82, 2.24) is 39.7 Å². The molecule has 0 atom stereocenters. The highest BCUT2D eigenvalue weighted by Crippen LogP contribution is 2.22. The molecule has 2 N–H and O–H groups in total. The molecule has 42 heavy (non-hydrogen) atoms. The van der Waals surface area contributed by atoms with E-state index >= 15 is 0 Å². The first-order chi connectivity index (χ1) is 20.5. The SMILES string of the molecule is Cc1cc(Nc2nn(-c3ccncc3)c(=O)c3ccccc23)n[nH]1.O=c1c2ccccc2c(Br)nn1-c1ccncc1. The zero-order chi connectivity index (χ0) is 29.1. The Kier molecular flexibility index (Phi) is 7.35. The predicted molar refractivity (Wildman–Crippen MR) is 165 cm³/mol. The molecule has 0 aliphatic rings. The first-order valence-electron chi connectivity index (χ1n) is 12.8. The second-order valence-corrected chi connectivity index (χ2v) is 9.89. The molecule has 0 fully saturated rings. The first-order valence-corrected chi connectivity index (χ1v) is 13.6. The van der Waals surface area contributed by atoms with Gasteiger partial charge in [0.15, 0.2) is 11.6 Å². The Morgan fingerprint density at radius 2 is 1.19 bits per heavy atom. The van der Waals surface area contributed by atoms with Crippen molar-refractivity contribution in [1.29, 1.82) is 0 Å². The number of rotatable bonds is 4. The van der Waals surface area contributed by atoms with Crippen LogP contribution in [0.3, 0.4) is 0 Å². The number of aromatic amines is 1. The molecule has 0 radical (unpaired) electrons. The molecule has 5 heterocycles. The van der Waals surface area contributed by atoms with Crippen LogP contribution in [0.5, 0.6) is 0 Å². The van der Waals surface area contributed by atoms with Crippen molar-refractivity contribution in [3.63, 3.8) is 0 Å². The van der Waals surface area contributed by atoms with Crippen LogP contribution < -0.4 is 16.4 Å². The molecule has 7 rings (SSSR count). The van der Waals surface area contributed by atoms with Crippen LogP contribution in [-0.2, 0) is 0 Å². The Morgan fingerprint density at radius 1 is 0.690 bits per heavy atom. The molecule has 12 heteroatoms. The Hall–Kier alpha value is -5.49. The average molecular weight is 620 g/mol. The smallest absolute Gasteiger partial charge is 0.279 e. The molecule has 0 amide bonds. The van der Waals surface area contributed by atoms with Gasteiger partial charge >= 0.3 is 0 Å². The molecule has 0 aliphatic heterocycles. The number of anilines is 2. The minimum absolute atomic E-state index is 0.139. The van der Waals surface area contributed by atoms with Crippen molar-refractivity contribution in [2.24, 2.45) is 0 Å². The maximum Gasteiger partial charge on any atom is 0.279 e. The van der Waals surface area contributed by atoms with Gasteiger partial charge < -0.3 is 5.32 Å². The largest absolute Gasteiger partial charge is 0.321 e. The van der Waals surface area contributed by atoms with E-state index in [2.05, 4.69) is 51.6 Å². The van der Waals surface area contributed by atoms with Gasteiger partial charge in [0.2, 0.25) is 0 Å². The Morgan fingerprint density at radius 3 is 1.74 bits per heavy atom. The van der Waals surface area contributed by atoms with Crippen molar-refractivity contribution in [3.8, 4) is 11.4 Å². The molecule has 0 saturated carbocycles. The summed E-state index contributed by atoms with van der Waals surface area (Å²) in [6.07, 6.45) is 6.52. The van der Waals surface area contributed by atoms with E-state index in [-0.39, 0.29) is 11.1 Å². The van der Waals surface area contributed by atoms with E-state index in [1.165, 1.54) is 9.36 Å². The van der Waals surface area contributed by atoms with Crippen LogP contribution in [0.1, 0.15) is 5.69 Å². The van der Waals surface area contributed by atoms with Gasteiger partial charge in [-0.25, -0.2) is 0 Å². The number of aryl methyl sites for hydroxylation is 1. The Bertz CT molecular complexity index is 2140. The highest BCUT2D eigenvalue weighted by molar-refractivity contribution is 9.10. The molecule has 5 aromatic heterocycles. The van der Waals surface area contributed by atoms with E-state index in [9.17, 15) is 9.59 Å². The lowest BCUT2D eigenvalue weighted by atomic mass is 10.2. The minimum atomic E-state index is -0.180. The summed E-state index contributed by atoms with van der Waals surface area (Å²) in [5.41, 5.74) is 1.97. The van der Waals surface area contributed by atoms with Crippen molar-refractivity contribution in [2.75, 3.05) is 5.32 Å². The highest BCUT2D eigenvalue weighted by Gasteiger charge is 2.13. The minimum Gasteiger partial charge on any atom is -0.321 e. The lowest BCUT2D eigenvalue weighted by Crippen LogP contribution is -2.22. The van der Waals surface area contributed by atoms with Crippen molar-refractivity contribution < 1.29 is 0 Å². The summed E-state index contributed by atoms with van der Waals surface area (Å²) in [6.45, 7) is 1.92. The number of hydrogen-bond donors (Lipinski definition) is 2. The quantitative estimate of drug-likeness (QED) is 0.278. The molecule has 0 unspecified atom stereocenters. The number of pyridine rings is 2. The molecule has 7 aromatic rings. The van der Waals surface area contributed by atoms with Gasteiger partial charge in [-0.1, -0.05) is 36.4 Å². The van der Waals surface area contributed by atoms with Crippen LogP contribution in [0, 0.1) is 6.92 Å². The molecule has 11 nitrogen and oxygen atoms in total. The van der Waals surface area contributed by atoms with Gasteiger partial charge in [0.25, 0.3) is 11.1 Å². The topological polar surface area (TPSA) is 136 Å². The van der Waals surface area contributed by atoms with Crippen LogP contribution in [0.4, 0.5) is 11.6 Å².